The fourth-order valence-electron chi connectivity index (χ4n) is 2.54. The second-order valence-electron chi connectivity index (χ2n) is 5.57. The highest BCUT2D eigenvalue weighted by molar-refractivity contribution is 7.89. The van der Waals surface area contributed by atoms with Crippen molar-refractivity contribution in [2.24, 2.45) is 0 Å². The molecule has 0 radical (unpaired) electrons. The van der Waals surface area contributed by atoms with Crippen LogP contribution in [0.4, 0.5) is 0 Å². The van der Waals surface area contributed by atoms with E-state index in [1.54, 1.807) is 37.3 Å². The molecule has 0 aliphatic rings. The molecule has 0 aliphatic carbocycles. The normalized spacial score (nSPS) is 11.4. The lowest BCUT2D eigenvalue weighted by Crippen LogP contribution is -2.29. The lowest BCUT2D eigenvalue weighted by atomic mass is 10.2. The molecule has 0 atom stereocenters. The Balaban J connectivity index is 2.05. The zero-order chi connectivity index (χ0) is 18.2. The number of para-hydroxylation sites is 1. The van der Waals surface area contributed by atoms with Gasteiger partial charge in [0.2, 0.25) is 10.0 Å². The van der Waals surface area contributed by atoms with Gasteiger partial charge in [0.05, 0.1) is 22.8 Å². The van der Waals surface area contributed by atoms with Gasteiger partial charge in [0.1, 0.15) is 5.82 Å². The van der Waals surface area contributed by atoms with E-state index < -0.39 is 15.9 Å². The average Bonchev–Trinajstić information content (AvgIpc) is 2.54. The van der Waals surface area contributed by atoms with Crippen LogP contribution < -0.4 is 10.3 Å². The number of aromatic nitrogens is 2. The molecule has 1 amide bonds. The van der Waals surface area contributed by atoms with E-state index in [4.69, 9.17) is 0 Å². The first-order valence-corrected chi connectivity index (χ1v) is 9.26. The van der Waals surface area contributed by atoms with Gasteiger partial charge in [-0.3, -0.25) is 14.2 Å². The predicted molar refractivity (Wildman–Crippen MR) is 94.4 cm³/mol. The molecule has 0 aliphatic heterocycles. The predicted octanol–water partition coefficient (Wildman–Crippen LogP) is 1.38. The summed E-state index contributed by atoms with van der Waals surface area (Å²) >= 11 is 0. The SMILES string of the molecule is Cc1nc2ccccc2c(=O)n1-c1ccc(C(=O)NS(C)(=O)=O)cc1. The molecule has 128 valence electrons. The van der Waals surface area contributed by atoms with Gasteiger partial charge in [0.15, 0.2) is 0 Å². The number of sulfonamides is 1. The van der Waals surface area contributed by atoms with E-state index in [9.17, 15) is 18.0 Å². The maximum atomic E-state index is 12.7. The summed E-state index contributed by atoms with van der Waals surface area (Å²) < 4.78 is 25.6. The van der Waals surface area contributed by atoms with Gasteiger partial charge in [-0.1, -0.05) is 12.1 Å². The molecule has 25 heavy (non-hydrogen) atoms. The van der Waals surface area contributed by atoms with Crippen molar-refractivity contribution >= 4 is 26.8 Å². The highest BCUT2D eigenvalue weighted by Gasteiger charge is 2.13. The number of hydrogen-bond acceptors (Lipinski definition) is 5. The third-order valence-corrected chi connectivity index (χ3v) is 4.17. The third-order valence-electron chi connectivity index (χ3n) is 3.61. The topological polar surface area (TPSA) is 98.1 Å². The van der Waals surface area contributed by atoms with Crippen molar-refractivity contribution in [3.8, 4) is 5.69 Å². The lowest BCUT2D eigenvalue weighted by molar-refractivity contribution is 0.0981. The Kier molecular flexibility index (Phi) is 4.13. The summed E-state index contributed by atoms with van der Waals surface area (Å²) in [5, 5.41) is 0.493. The average molecular weight is 357 g/mol. The fraction of sp³-hybridized carbons (Fsp3) is 0.118. The Morgan fingerprint density at radius 2 is 1.72 bits per heavy atom. The van der Waals surface area contributed by atoms with Gasteiger partial charge < -0.3 is 0 Å². The molecule has 3 aromatic rings. The molecule has 1 aromatic heterocycles. The van der Waals surface area contributed by atoms with Gasteiger partial charge in [-0.05, 0) is 43.3 Å². The number of fused-ring (bicyclic) bond motifs is 1. The number of rotatable bonds is 3. The summed E-state index contributed by atoms with van der Waals surface area (Å²) in [6, 6.07) is 13.1. The molecule has 0 saturated heterocycles. The van der Waals surface area contributed by atoms with E-state index in [1.807, 2.05) is 10.8 Å². The van der Waals surface area contributed by atoms with E-state index in [0.717, 1.165) is 6.26 Å². The second-order valence-corrected chi connectivity index (χ2v) is 7.32. The van der Waals surface area contributed by atoms with Crippen LogP contribution >= 0.6 is 0 Å². The molecule has 2 aromatic carbocycles. The van der Waals surface area contributed by atoms with Crippen LogP contribution in [0.3, 0.4) is 0 Å². The van der Waals surface area contributed by atoms with E-state index in [-0.39, 0.29) is 11.1 Å². The standard InChI is InChI=1S/C17H15N3O4S/c1-11-18-15-6-4-3-5-14(15)17(22)20(11)13-9-7-12(8-10-13)16(21)19-25(2,23)24/h3-10H,1-2H3,(H,19,21). The molecule has 0 unspecified atom stereocenters. The van der Waals surface area contributed by atoms with Crippen molar-refractivity contribution in [3.63, 3.8) is 0 Å². The Labute approximate surface area is 144 Å². The first kappa shape index (κ1) is 16.8. The summed E-state index contributed by atoms with van der Waals surface area (Å²) in [4.78, 5) is 29.0. The largest absolute Gasteiger partial charge is 0.268 e. The van der Waals surface area contributed by atoms with Crippen molar-refractivity contribution in [1.82, 2.24) is 14.3 Å². The highest BCUT2D eigenvalue weighted by Crippen LogP contribution is 2.13. The van der Waals surface area contributed by atoms with Crippen molar-refractivity contribution in [2.75, 3.05) is 6.26 Å². The third kappa shape index (κ3) is 3.43. The zero-order valence-electron chi connectivity index (χ0n) is 13.6. The summed E-state index contributed by atoms with van der Waals surface area (Å²) in [6.45, 7) is 1.72. The smallest absolute Gasteiger partial charge is 0.265 e. The van der Waals surface area contributed by atoms with Crippen LogP contribution in [-0.2, 0) is 10.0 Å². The number of carbonyl (C=O) groups excluding carboxylic acids is 1. The quantitative estimate of drug-likeness (QED) is 0.764. The summed E-state index contributed by atoms with van der Waals surface area (Å²) in [5.74, 6) is -0.216. The summed E-state index contributed by atoms with van der Waals surface area (Å²) in [7, 11) is -3.64. The van der Waals surface area contributed by atoms with Gasteiger partial charge in [-0.2, -0.15) is 0 Å². The molecule has 0 spiro atoms. The molecule has 1 N–H and O–H groups in total. The minimum absolute atomic E-state index is 0.175. The number of nitrogens with zero attached hydrogens (tertiary/aromatic N) is 2. The Morgan fingerprint density at radius 3 is 2.36 bits per heavy atom. The number of aryl methyl sites for hydroxylation is 1. The number of hydrogen-bond donors (Lipinski definition) is 1. The van der Waals surface area contributed by atoms with Crippen LogP contribution in [0.5, 0.6) is 0 Å². The van der Waals surface area contributed by atoms with Gasteiger partial charge in [-0.25, -0.2) is 18.1 Å². The monoisotopic (exact) mass is 357 g/mol. The molecule has 0 saturated carbocycles. The minimum atomic E-state index is -3.64. The van der Waals surface area contributed by atoms with Crippen molar-refractivity contribution < 1.29 is 13.2 Å². The van der Waals surface area contributed by atoms with Crippen LogP contribution in [0.15, 0.2) is 53.3 Å². The van der Waals surface area contributed by atoms with Crippen LogP contribution in [-0.4, -0.2) is 30.1 Å². The van der Waals surface area contributed by atoms with Crippen LogP contribution in [0.2, 0.25) is 0 Å². The maximum absolute atomic E-state index is 12.7. The summed E-state index contributed by atoms with van der Waals surface area (Å²) in [6.07, 6.45) is 0.906. The van der Waals surface area contributed by atoms with Crippen molar-refractivity contribution in [2.45, 2.75) is 6.92 Å². The minimum Gasteiger partial charge on any atom is -0.268 e. The van der Waals surface area contributed by atoms with E-state index in [1.165, 1.54) is 16.7 Å². The molecule has 8 heteroatoms. The van der Waals surface area contributed by atoms with Gasteiger partial charge in [-0.15, -0.1) is 0 Å². The number of benzene rings is 2. The van der Waals surface area contributed by atoms with E-state index >= 15 is 0 Å². The molecule has 0 bridgehead atoms. The maximum Gasteiger partial charge on any atom is 0.265 e. The lowest BCUT2D eigenvalue weighted by Gasteiger charge is -2.11. The Hall–Kier alpha value is -3.00. The van der Waals surface area contributed by atoms with Crippen LogP contribution in [0.25, 0.3) is 16.6 Å². The number of nitrogens with one attached hydrogen (secondary N) is 1. The van der Waals surface area contributed by atoms with E-state index in [2.05, 4.69) is 4.98 Å². The molecular weight excluding hydrogens is 342 g/mol. The van der Waals surface area contributed by atoms with Crippen molar-refractivity contribution in [1.29, 1.82) is 0 Å². The number of carbonyl (C=O) groups is 1. The van der Waals surface area contributed by atoms with Gasteiger partial charge in [0, 0.05) is 5.56 Å². The molecule has 0 fully saturated rings. The van der Waals surface area contributed by atoms with E-state index in [0.29, 0.717) is 22.4 Å². The fourth-order valence-corrected chi connectivity index (χ4v) is 2.99. The second kappa shape index (κ2) is 6.14. The molecule has 1 heterocycles. The Bertz CT molecular complexity index is 1130. The van der Waals surface area contributed by atoms with Crippen molar-refractivity contribution in [3.05, 3.63) is 70.3 Å². The zero-order valence-corrected chi connectivity index (χ0v) is 14.4. The van der Waals surface area contributed by atoms with Crippen LogP contribution in [0, 0.1) is 6.92 Å². The molecular formula is C17H15N3O4S. The summed E-state index contributed by atoms with van der Waals surface area (Å²) in [5.41, 5.74) is 1.12. The number of amides is 1. The van der Waals surface area contributed by atoms with Crippen LogP contribution in [0.1, 0.15) is 16.2 Å². The Morgan fingerprint density at radius 1 is 1.08 bits per heavy atom. The molecule has 3 rings (SSSR count). The molecule has 7 nitrogen and oxygen atoms in total. The first-order valence-electron chi connectivity index (χ1n) is 7.37. The highest BCUT2D eigenvalue weighted by atomic mass is 32.2. The first-order chi connectivity index (χ1) is 11.8. The van der Waals surface area contributed by atoms with Gasteiger partial charge in [0.25, 0.3) is 11.5 Å². The van der Waals surface area contributed by atoms with Gasteiger partial charge >= 0.3 is 0 Å².